The highest BCUT2D eigenvalue weighted by Gasteiger charge is 2.18. The van der Waals surface area contributed by atoms with Crippen molar-refractivity contribution >= 4 is 54.1 Å². The topological polar surface area (TPSA) is 84.8 Å². The normalized spacial score (nSPS) is 11.4. The third-order valence-corrected chi connectivity index (χ3v) is 6.52. The lowest BCUT2D eigenvalue weighted by atomic mass is 10.2. The van der Waals surface area contributed by atoms with Crippen LogP contribution in [-0.2, 0) is 10.1 Å². The second kappa shape index (κ2) is 9.55. The van der Waals surface area contributed by atoms with E-state index in [0.29, 0.717) is 20.1 Å². The van der Waals surface area contributed by atoms with Crippen LogP contribution in [0.2, 0.25) is 0 Å². The predicted octanol–water partition coefficient (Wildman–Crippen LogP) is 5.05. The van der Waals surface area contributed by atoms with Crippen LogP contribution in [0, 0.1) is 6.92 Å². The molecule has 0 atom stereocenters. The molecule has 0 fully saturated rings. The highest BCUT2D eigenvalue weighted by Crippen LogP contribution is 2.28. The fourth-order valence-corrected chi connectivity index (χ4v) is 4.40. The van der Waals surface area contributed by atoms with Gasteiger partial charge in [0.1, 0.15) is 4.90 Å². The maximum Gasteiger partial charge on any atom is 0.339 e. The van der Waals surface area contributed by atoms with Crippen molar-refractivity contribution < 1.29 is 17.4 Å². The largest absolute Gasteiger partial charge is 0.378 e. The van der Waals surface area contributed by atoms with Crippen molar-refractivity contribution in [2.24, 2.45) is 5.10 Å². The maximum atomic E-state index is 12.4. The lowest BCUT2D eigenvalue weighted by Gasteiger charge is -2.09. The Bertz CT molecular complexity index is 1210. The Morgan fingerprint density at radius 3 is 2.37 bits per heavy atom. The first-order valence-electron chi connectivity index (χ1n) is 8.65. The molecule has 1 N–H and O–H groups in total. The molecule has 6 nitrogen and oxygen atoms in total. The SMILES string of the molecule is Cc1ccc(S(=O)(=O)Oc2ccc(/C=N/NC(=O)c3ccccc3Br)cc2Br)cc1. The molecule has 0 saturated heterocycles. The predicted molar refractivity (Wildman–Crippen MR) is 122 cm³/mol. The minimum Gasteiger partial charge on any atom is -0.378 e. The summed E-state index contributed by atoms with van der Waals surface area (Å²) in [7, 11) is -3.95. The minimum atomic E-state index is -3.95. The number of halogens is 2. The van der Waals surface area contributed by atoms with Gasteiger partial charge in [-0.15, -0.1) is 0 Å². The molecule has 0 aliphatic carbocycles. The van der Waals surface area contributed by atoms with Crippen molar-refractivity contribution in [1.82, 2.24) is 5.43 Å². The zero-order valence-electron chi connectivity index (χ0n) is 15.7. The number of amides is 1. The van der Waals surface area contributed by atoms with Crippen molar-refractivity contribution in [2.45, 2.75) is 11.8 Å². The molecule has 0 heterocycles. The Balaban J connectivity index is 1.69. The van der Waals surface area contributed by atoms with Crippen molar-refractivity contribution in [3.8, 4) is 5.75 Å². The fraction of sp³-hybridized carbons (Fsp3) is 0.0476. The molecule has 9 heteroatoms. The first-order chi connectivity index (χ1) is 14.3. The Hall–Kier alpha value is -2.49. The number of benzene rings is 3. The number of carbonyl (C=O) groups is 1. The summed E-state index contributed by atoms with van der Waals surface area (Å²) in [6.45, 7) is 1.87. The van der Waals surface area contributed by atoms with Gasteiger partial charge in [-0.3, -0.25) is 4.79 Å². The lowest BCUT2D eigenvalue weighted by molar-refractivity contribution is 0.0954. The average molecular weight is 552 g/mol. The van der Waals surface area contributed by atoms with Gasteiger partial charge in [0.05, 0.1) is 16.3 Å². The summed E-state index contributed by atoms with van der Waals surface area (Å²) in [6.07, 6.45) is 1.44. The van der Waals surface area contributed by atoms with Crippen LogP contribution in [-0.4, -0.2) is 20.5 Å². The lowest BCUT2D eigenvalue weighted by Crippen LogP contribution is -2.18. The average Bonchev–Trinajstić information content (AvgIpc) is 2.70. The van der Waals surface area contributed by atoms with Crippen LogP contribution < -0.4 is 9.61 Å². The molecular formula is C21H16Br2N2O4S. The van der Waals surface area contributed by atoms with Crippen molar-refractivity contribution in [3.05, 3.63) is 92.4 Å². The number of rotatable bonds is 6. The van der Waals surface area contributed by atoms with Crippen LogP contribution >= 0.6 is 31.9 Å². The zero-order valence-corrected chi connectivity index (χ0v) is 19.7. The molecule has 1 amide bonds. The van der Waals surface area contributed by atoms with E-state index >= 15 is 0 Å². The standard InChI is InChI=1S/C21H16Br2N2O4S/c1-14-6-9-16(10-7-14)30(27,28)29-20-11-8-15(12-19(20)23)13-24-25-21(26)17-4-2-3-5-18(17)22/h2-13H,1H3,(H,25,26)/b24-13+. The van der Waals surface area contributed by atoms with E-state index in [9.17, 15) is 13.2 Å². The van der Waals surface area contributed by atoms with Crippen LogP contribution in [0.3, 0.4) is 0 Å². The monoisotopic (exact) mass is 550 g/mol. The van der Waals surface area contributed by atoms with Gasteiger partial charge in [0.15, 0.2) is 5.75 Å². The Labute approximate surface area is 191 Å². The van der Waals surface area contributed by atoms with E-state index in [0.717, 1.165) is 5.56 Å². The van der Waals surface area contributed by atoms with Gasteiger partial charge in [0.25, 0.3) is 5.91 Å². The molecule has 154 valence electrons. The van der Waals surface area contributed by atoms with Crippen molar-refractivity contribution in [3.63, 3.8) is 0 Å². The molecule has 0 saturated carbocycles. The van der Waals surface area contributed by atoms with E-state index in [1.807, 2.05) is 13.0 Å². The third-order valence-electron chi connectivity index (χ3n) is 3.96. The molecule has 30 heavy (non-hydrogen) atoms. The van der Waals surface area contributed by atoms with Crippen molar-refractivity contribution in [1.29, 1.82) is 0 Å². The number of nitrogens with zero attached hydrogens (tertiary/aromatic N) is 1. The molecule has 0 spiro atoms. The van der Waals surface area contributed by atoms with E-state index in [2.05, 4.69) is 42.4 Å². The summed E-state index contributed by atoms with van der Waals surface area (Å²) in [5.41, 5.74) is 4.49. The number of hydrogen-bond acceptors (Lipinski definition) is 5. The molecule has 0 aromatic heterocycles. The molecule has 0 bridgehead atoms. The second-order valence-corrected chi connectivity index (χ2v) is 9.47. The molecule has 0 aliphatic rings. The first-order valence-corrected chi connectivity index (χ1v) is 11.6. The molecule has 3 aromatic rings. The van der Waals surface area contributed by atoms with Crippen LogP contribution in [0.25, 0.3) is 0 Å². The Morgan fingerprint density at radius 1 is 1.00 bits per heavy atom. The number of aryl methyl sites for hydroxylation is 1. The van der Waals surface area contributed by atoms with E-state index in [1.54, 1.807) is 42.5 Å². The summed E-state index contributed by atoms with van der Waals surface area (Å²) >= 11 is 6.62. The number of hydrogen-bond donors (Lipinski definition) is 1. The third kappa shape index (κ3) is 5.56. The van der Waals surface area contributed by atoms with Gasteiger partial charge in [0, 0.05) is 4.47 Å². The number of hydrazone groups is 1. The number of nitrogens with one attached hydrogen (secondary N) is 1. The molecule has 0 aliphatic heterocycles. The second-order valence-electron chi connectivity index (χ2n) is 6.22. The Morgan fingerprint density at radius 2 is 1.70 bits per heavy atom. The molecule has 0 unspecified atom stereocenters. The summed E-state index contributed by atoms with van der Waals surface area (Å²) in [6, 6.07) is 18.2. The van der Waals surface area contributed by atoms with Crippen LogP contribution in [0.4, 0.5) is 0 Å². The molecule has 3 rings (SSSR count). The summed E-state index contributed by atoms with van der Waals surface area (Å²) in [4.78, 5) is 12.2. The first kappa shape index (κ1) is 22.2. The van der Waals surface area contributed by atoms with Crippen LogP contribution in [0.1, 0.15) is 21.5 Å². The van der Waals surface area contributed by atoms with Gasteiger partial charge >= 0.3 is 10.1 Å². The Kier molecular flexibility index (Phi) is 7.06. The van der Waals surface area contributed by atoms with E-state index < -0.39 is 10.1 Å². The highest BCUT2D eigenvalue weighted by atomic mass is 79.9. The maximum absolute atomic E-state index is 12.4. The molecule has 3 aromatic carbocycles. The summed E-state index contributed by atoms with van der Waals surface area (Å²) in [5.74, 6) is -0.216. The fourth-order valence-electron chi connectivity index (χ4n) is 2.41. The van der Waals surface area contributed by atoms with Gasteiger partial charge in [0.2, 0.25) is 0 Å². The van der Waals surface area contributed by atoms with E-state index in [4.69, 9.17) is 4.18 Å². The molecule has 0 radical (unpaired) electrons. The van der Waals surface area contributed by atoms with Gasteiger partial charge in [-0.2, -0.15) is 13.5 Å². The van der Waals surface area contributed by atoms with Gasteiger partial charge in [-0.05, 0) is 86.8 Å². The zero-order chi connectivity index (χ0) is 21.7. The highest BCUT2D eigenvalue weighted by molar-refractivity contribution is 9.10. The van der Waals surface area contributed by atoms with E-state index in [1.165, 1.54) is 24.4 Å². The molecular weight excluding hydrogens is 536 g/mol. The van der Waals surface area contributed by atoms with Crippen LogP contribution in [0.15, 0.2) is 85.7 Å². The van der Waals surface area contributed by atoms with Gasteiger partial charge in [-0.1, -0.05) is 29.8 Å². The smallest absolute Gasteiger partial charge is 0.339 e. The van der Waals surface area contributed by atoms with Gasteiger partial charge < -0.3 is 4.18 Å². The van der Waals surface area contributed by atoms with E-state index in [-0.39, 0.29) is 16.6 Å². The minimum absolute atomic E-state index is 0.0698. The van der Waals surface area contributed by atoms with Gasteiger partial charge in [-0.25, -0.2) is 5.43 Å². The number of carbonyl (C=O) groups excluding carboxylic acids is 1. The van der Waals surface area contributed by atoms with Crippen molar-refractivity contribution in [2.75, 3.05) is 0 Å². The summed E-state index contributed by atoms with van der Waals surface area (Å²) < 4.78 is 31.2. The van der Waals surface area contributed by atoms with Crippen LogP contribution in [0.5, 0.6) is 5.75 Å². The summed E-state index contributed by atoms with van der Waals surface area (Å²) in [5, 5.41) is 3.93. The quantitative estimate of drug-likeness (QED) is 0.264.